The number of ether oxygens (including phenoxy) is 1. The molecule has 2 aromatic carbocycles. The highest BCUT2D eigenvalue weighted by Gasteiger charge is 2.22. The molecule has 1 atom stereocenters. The summed E-state index contributed by atoms with van der Waals surface area (Å²) in [6, 6.07) is 11.4. The van der Waals surface area contributed by atoms with Gasteiger partial charge in [0.05, 0.1) is 12.7 Å². The van der Waals surface area contributed by atoms with Crippen LogP contribution in [0.4, 0.5) is 11.7 Å². The molecule has 1 saturated heterocycles. The van der Waals surface area contributed by atoms with Gasteiger partial charge in [0.2, 0.25) is 0 Å². The Labute approximate surface area is 161 Å². The fourth-order valence-electron chi connectivity index (χ4n) is 3.79. The van der Waals surface area contributed by atoms with E-state index in [4.69, 9.17) is 9.15 Å². The molecule has 5 rings (SSSR count). The quantitative estimate of drug-likeness (QED) is 0.727. The molecule has 2 aliphatic rings. The van der Waals surface area contributed by atoms with Crippen molar-refractivity contribution in [2.75, 3.05) is 29.9 Å². The lowest BCUT2D eigenvalue weighted by Gasteiger charge is -2.28. The smallest absolute Gasteiger partial charge is 0.298 e. The Hall–Kier alpha value is -3.06. The van der Waals surface area contributed by atoms with E-state index in [9.17, 15) is 9.90 Å². The minimum atomic E-state index is -0.351. The Morgan fingerprint density at radius 3 is 3.07 bits per heavy atom. The van der Waals surface area contributed by atoms with Crippen molar-refractivity contribution in [2.45, 2.75) is 25.4 Å². The number of rotatable bonds is 3. The number of fused-ring (bicyclic) bond motifs is 2. The molecule has 1 fully saturated rings. The third-order valence-electron chi connectivity index (χ3n) is 5.25. The lowest BCUT2D eigenvalue weighted by atomic mass is 10.1. The lowest BCUT2D eigenvalue weighted by Crippen LogP contribution is -2.38. The molecule has 0 spiro atoms. The molecule has 28 heavy (non-hydrogen) atoms. The van der Waals surface area contributed by atoms with E-state index >= 15 is 0 Å². The summed E-state index contributed by atoms with van der Waals surface area (Å²) in [6.45, 7) is 2.01. The van der Waals surface area contributed by atoms with Crippen LogP contribution in [0.5, 0.6) is 5.75 Å². The molecule has 0 saturated carbocycles. The van der Waals surface area contributed by atoms with Gasteiger partial charge in [0, 0.05) is 30.8 Å². The van der Waals surface area contributed by atoms with E-state index in [-0.39, 0.29) is 12.0 Å². The molecule has 3 aromatic rings. The first-order valence-corrected chi connectivity index (χ1v) is 9.56. The molecule has 0 radical (unpaired) electrons. The summed E-state index contributed by atoms with van der Waals surface area (Å²) in [4.78, 5) is 19.1. The second-order valence-corrected chi connectivity index (χ2v) is 7.30. The standard InChI is InChI=1S/C21H21N3O4/c25-16-2-1-8-24(12-16)21-23-17-11-15(4-6-19(17)28-21)22-20(26)14-3-5-18-13(10-14)7-9-27-18/h3-6,10-11,16,25H,1-2,7-9,12H2,(H,22,26)/t16-/m0/s1. The number of carbonyl (C=O) groups is 1. The summed E-state index contributed by atoms with van der Waals surface area (Å²) in [5.41, 5.74) is 3.66. The van der Waals surface area contributed by atoms with Gasteiger partial charge in [-0.15, -0.1) is 0 Å². The normalized spacial score (nSPS) is 18.8. The topological polar surface area (TPSA) is 87.8 Å². The number of carbonyl (C=O) groups excluding carboxylic acids is 1. The molecular formula is C21H21N3O4. The molecule has 0 unspecified atom stereocenters. The largest absolute Gasteiger partial charge is 0.493 e. The highest BCUT2D eigenvalue weighted by Crippen LogP contribution is 2.28. The Morgan fingerprint density at radius 2 is 2.18 bits per heavy atom. The number of β-amino-alcohol motifs (C(OH)–C–C–N with tert-alkyl or cyclic N) is 1. The van der Waals surface area contributed by atoms with E-state index in [1.54, 1.807) is 24.3 Å². The van der Waals surface area contributed by atoms with Gasteiger partial charge in [-0.3, -0.25) is 4.79 Å². The van der Waals surface area contributed by atoms with Crippen LogP contribution < -0.4 is 15.0 Å². The van der Waals surface area contributed by atoms with E-state index in [1.165, 1.54) is 0 Å². The van der Waals surface area contributed by atoms with Gasteiger partial charge in [0.25, 0.3) is 11.9 Å². The number of piperidine rings is 1. The van der Waals surface area contributed by atoms with Crippen LogP contribution >= 0.6 is 0 Å². The average Bonchev–Trinajstić information content (AvgIpc) is 3.33. The maximum atomic E-state index is 12.6. The SMILES string of the molecule is O=C(Nc1ccc2oc(N3CCC[C@H](O)C3)nc2c1)c1ccc2c(c1)CCO2. The molecule has 3 heterocycles. The Bertz CT molecular complexity index is 1050. The highest BCUT2D eigenvalue weighted by molar-refractivity contribution is 6.05. The molecule has 1 aromatic heterocycles. The van der Waals surface area contributed by atoms with Crippen molar-refractivity contribution in [2.24, 2.45) is 0 Å². The Balaban J connectivity index is 1.35. The fourth-order valence-corrected chi connectivity index (χ4v) is 3.79. The first kappa shape index (κ1) is 17.1. The summed E-state index contributed by atoms with van der Waals surface area (Å²) in [7, 11) is 0. The van der Waals surface area contributed by atoms with Crippen LogP contribution in [0.3, 0.4) is 0 Å². The molecular weight excluding hydrogens is 358 g/mol. The van der Waals surface area contributed by atoms with Crippen molar-refractivity contribution in [1.29, 1.82) is 0 Å². The lowest BCUT2D eigenvalue weighted by molar-refractivity contribution is 0.102. The van der Waals surface area contributed by atoms with Crippen molar-refractivity contribution in [3.63, 3.8) is 0 Å². The number of oxazole rings is 1. The van der Waals surface area contributed by atoms with E-state index in [0.717, 1.165) is 37.1 Å². The highest BCUT2D eigenvalue weighted by atomic mass is 16.5. The van der Waals surface area contributed by atoms with Gasteiger partial charge in [-0.25, -0.2) is 0 Å². The molecule has 0 bridgehead atoms. The summed E-state index contributed by atoms with van der Waals surface area (Å²) in [5, 5.41) is 12.8. The van der Waals surface area contributed by atoms with Crippen LogP contribution in [0.15, 0.2) is 40.8 Å². The number of nitrogens with one attached hydrogen (secondary N) is 1. The molecule has 2 N–H and O–H groups in total. The summed E-state index contributed by atoms with van der Waals surface area (Å²) >= 11 is 0. The number of hydrogen-bond donors (Lipinski definition) is 2. The van der Waals surface area contributed by atoms with Gasteiger partial charge in [-0.05, 0) is 54.8 Å². The Kier molecular flexibility index (Phi) is 4.16. The first-order valence-electron chi connectivity index (χ1n) is 9.56. The van der Waals surface area contributed by atoms with Crippen LogP contribution in [0.25, 0.3) is 11.1 Å². The monoisotopic (exact) mass is 379 g/mol. The van der Waals surface area contributed by atoms with Crippen LogP contribution in [0.2, 0.25) is 0 Å². The third kappa shape index (κ3) is 3.18. The fraction of sp³-hybridized carbons (Fsp3) is 0.333. The van der Waals surface area contributed by atoms with Gasteiger partial charge >= 0.3 is 0 Å². The predicted molar refractivity (Wildman–Crippen MR) is 105 cm³/mol. The molecule has 7 heteroatoms. The summed E-state index contributed by atoms with van der Waals surface area (Å²) in [6.07, 6.45) is 2.20. The van der Waals surface area contributed by atoms with Crippen LogP contribution in [-0.4, -0.2) is 41.8 Å². The van der Waals surface area contributed by atoms with E-state index in [1.807, 2.05) is 17.0 Å². The van der Waals surface area contributed by atoms with E-state index in [2.05, 4.69) is 10.3 Å². The van der Waals surface area contributed by atoms with Gasteiger partial charge in [0.1, 0.15) is 11.3 Å². The van der Waals surface area contributed by atoms with Crippen LogP contribution in [-0.2, 0) is 6.42 Å². The van der Waals surface area contributed by atoms with Crippen molar-refractivity contribution in [3.05, 3.63) is 47.5 Å². The molecule has 7 nitrogen and oxygen atoms in total. The number of nitrogens with zero attached hydrogens (tertiary/aromatic N) is 2. The predicted octanol–water partition coefficient (Wildman–Crippen LogP) is 2.98. The maximum Gasteiger partial charge on any atom is 0.298 e. The minimum absolute atomic E-state index is 0.170. The van der Waals surface area contributed by atoms with Gasteiger partial charge in [-0.2, -0.15) is 4.98 Å². The number of amides is 1. The molecule has 144 valence electrons. The van der Waals surface area contributed by atoms with Gasteiger partial charge < -0.3 is 24.5 Å². The second kappa shape index (κ2) is 6.83. The summed E-state index contributed by atoms with van der Waals surface area (Å²) in [5.74, 6) is 0.688. The number of aliphatic hydroxyl groups is 1. The zero-order valence-corrected chi connectivity index (χ0v) is 15.4. The number of hydrogen-bond acceptors (Lipinski definition) is 6. The maximum absolute atomic E-state index is 12.6. The van der Waals surface area contributed by atoms with Crippen molar-refractivity contribution < 1.29 is 19.1 Å². The number of anilines is 2. The zero-order chi connectivity index (χ0) is 19.1. The van der Waals surface area contributed by atoms with Gasteiger partial charge in [-0.1, -0.05) is 0 Å². The van der Waals surface area contributed by atoms with Crippen molar-refractivity contribution in [3.8, 4) is 5.75 Å². The van der Waals surface area contributed by atoms with Gasteiger partial charge in [0.15, 0.2) is 5.58 Å². The van der Waals surface area contributed by atoms with Crippen molar-refractivity contribution >= 4 is 28.7 Å². The van der Waals surface area contributed by atoms with E-state index in [0.29, 0.717) is 41.5 Å². The third-order valence-corrected chi connectivity index (χ3v) is 5.25. The zero-order valence-electron chi connectivity index (χ0n) is 15.4. The number of aliphatic hydroxyl groups excluding tert-OH is 1. The molecule has 2 aliphatic heterocycles. The summed E-state index contributed by atoms with van der Waals surface area (Å²) < 4.78 is 11.3. The second-order valence-electron chi connectivity index (χ2n) is 7.30. The first-order chi connectivity index (χ1) is 13.7. The van der Waals surface area contributed by atoms with Crippen LogP contribution in [0.1, 0.15) is 28.8 Å². The van der Waals surface area contributed by atoms with Crippen molar-refractivity contribution in [1.82, 2.24) is 4.98 Å². The van der Waals surface area contributed by atoms with E-state index < -0.39 is 0 Å². The van der Waals surface area contributed by atoms with Crippen LogP contribution in [0, 0.1) is 0 Å². The molecule has 0 aliphatic carbocycles. The molecule has 1 amide bonds. The average molecular weight is 379 g/mol. The minimum Gasteiger partial charge on any atom is -0.493 e. The number of benzene rings is 2. The number of aromatic nitrogens is 1. The Morgan fingerprint density at radius 1 is 1.25 bits per heavy atom.